The molecular weight excluding hydrogens is 492 g/mol. The number of carbonyl (C=O) groups is 3. The molecule has 0 aliphatic heterocycles. The van der Waals surface area contributed by atoms with Crippen molar-refractivity contribution in [2.75, 3.05) is 18.5 Å². The highest BCUT2D eigenvalue weighted by atomic mass is 16.5. The van der Waals surface area contributed by atoms with Crippen LogP contribution in [-0.4, -0.2) is 47.9 Å². The number of ketones is 2. The number of carboxylic acids is 1. The Morgan fingerprint density at radius 2 is 1.56 bits per heavy atom. The molecule has 0 radical (unpaired) electrons. The van der Waals surface area contributed by atoms with Crippen molar-refractivity contribution < 1.29 is 24.2 Å². The first kappa shape index (κ1) is 26.6. The van der Waals surface area contributed by atoms with Gasteiger partial charge in [0.2, 0.25) is 0 Å². The van der Waals surface area contributed by atoms with Crippen molar-refractivity contribution in [3.63, 3.8) is 0 Å². The average Bonchev–Trinajstić information content (AvgIpc) is 3.88. The summed E-state index contributed by atoms with van der Waals surface area (Å²) in [5, 5.41) is 16.4. The second-order valence-electron chi connectivity index (χ2n) is 10.4. The summed E-state index contributed by atoms with van der Waals surface area (Å²) in [6.07, 6.45) is 4.54. The van der Waals surface area contributed by atoms with Gasteiger partial charge in [-0.15, -0.1) is 0 Å². The minimum Gasteiger partial charge on any atom is -0.492 e. The highest BCUT2D eigenvalue weighted by Crippen LogP contribution is 2.39. The lowest BCUT2D eigenvalue weighted by molar-refractivity contribution is -0.137. The fraction of sp³-hybridized carbons (Fsp3) is 0.344. The highest BCUT2D eigenvalue weighted by Gasteiger charge is 2.42. The number of Topliss-reactive ketones (excluding diaryl/α,β-unsaturated/α-hetero) is 1. The van der Waals surface area contributed by atoms with Crippen molar-refractivity contribution in [1.82, 2.24) is 5.32 Å². The number of ether oxygens (including phenoxy) is 1. The van der Waals surface area contributed by atoms with Crippen molar-refractivity contribution in [1.29, 1.82) is 0 Å². The van der Waals surface area contributed by atoms with Gasteiger partial charge in [-0.05, 0) is 61.4 Å². The van der Waals surface area contributed by atoms with Gasteiger partial charge < -0.3 is 20.5 Å². The zero-order valence-corrected chi connectivity index (χ0v) is 21.8. The first-order valence-corrected chi connectivity index (χ1v) is 13.7. The van der Waals surface area contributed by atoms with Gasteiger partial charge >= 0.3 is 5.97 Å². The maximum atomic E-state index is 13.0. The van der Waals surface area contributed by atoms with E-state index in [-0.39, 0.29) is 24.2 Å². The van der Waals surface area contributed by atoms with E-state index in [1.165, 1.54) is 0 Å². The van der Waals surface area contributed by atoms with Gasteiger partial charge in [-0.3, -0.25) is 9.59 Å². The summed E-state index contributed by atoms with van der Waals surface area (Å²) < 4.78 is 5.86. The van der Waals surface area contributed by atoms with E-state index in [9.17, 15) is 19.5 Å². The van der Waals surface area contributed by atoms with Gasteiger partial charge in [0.25, 0.3) is 0 Å². The van der Waals surface area contributed by atoms with Crippen molar-refractivity contribution >= 4 is 23.2 Å². The monoisotopic (exact) mass is 526 g/mol. The molecule has 0 heterocycles. The number of nitrogens with one attached hydrogen (secondary N) is 2. The van der Waals surface area contributed by atoms with Gasteiger partial charge in [0, 0.05) is 35.7 Å². The van der Waals surface area contributed by atoms with Crippen LogP contribution >= 0.6 is 0 Å². The number of benzene rings is 3. The van der Waals surface area contributed by atoms with Gasteiger partial charge in [-0.25, -0.2) is 4.79 Å². The second-order valence-corrected chi connectivity index (χ2v) is 10.4. The minimum absolute atomic E-state index is 0.0305. The topological polar surface area (TPSA) is 105 Å². The Morgan fingerprint density at radius 1 is 0.872 bits per heavy atom. The van der Waals surface area contributed by atoms with Crippen LogP contribution < -0.4 is 15.4 Å². The summed E-state index contributed by atoms with van der Waals surface area (Å²) in [7, 11) is 0. The number of aliphatic carboxylic acids is 1. The van der Waals surface area contributed by atoms with Crippen LogP contribution in [0.2, 0.25) is 0 Å². The van der Waals surface area contributed by atoms with E-state index in [1.807, 2.05) is 30.3 Å². The third kappa shape index (κ3) is 7.12. The van der Waals surface area contributed by atoms with E-state index in [0.717, 1.165) is 31.2 Å². The van der Waals surface area contributed by atoms with Gasteiger partial charge in [-0.1, -0.05) is 54.6 Å². The summed E-state index contributed by atoms with van der Waals surface area (Å²) in [6.45, 7) is 1.06. The highest BCUT2D eigenvalue weighted by molar-refractivity contribution is 6.12. The number of para-hydroxylation sites is 1. The molecule has 7 heteroatoms. The number of rotatable bonds is 15. The molecule has 3 N–H and O–H groups in total. The van der Waals surface area contributed by atoms with Crippen LogP contribution in [0.1, 0.15) is 47.2 Å². The van der Waals surface area contributed by atoms with Crippen LogP contribution in [0.15, 0.2) is 78.9 Å². The van der Waals surface area contributed by atoms with E-state index in [4.69, 9.17) is 4.74 Å². The number of carboxylic acid groups (broad SMARTS) is 1. The summed E-state index contributed by atoms with van der Waals surface area (Å²) in [5.41, 5.74) is 2.28. The second kappa shape index (κ2) is 12.3. The van der Waals surface area contributed by atoms with Crippen LogP contribution in [-0.2, 0) is 16.0 Å². The zero-order chi connectivity index (χ0) is 27.2. The minimum atomic E-state index is -1.01. The quantitative estimate of drug-likeness (QED) is 0.194. The maximum Gasteiger partial charge on any atom is 0.326 e. The normalized spacial score (nSPS) is 16.2. The smallest absolute Gasteiger partial charge is 0.326 e. The van der Waals surface area contributed by atoms with Crippen molar-refractivity contribution in [2.45, 2.75) is 44.2 Å². The Hall–Kier alpha value is -3.97. The van der Waals surface area contributed by atoms with E-state index >= 15 is 0 Å². The molecule has 2 aliphatic rings. The predicted octanol–water partition coefficient (Wildman–Crippen LogP) is 4.75. The summed E-state index contributed by atoms with van der Waals surface area (Å²) in [6, 6.07) is 22.3. The standard InChI is InChI=1S/C32H34N2O5/c35-30(23-6-2-1-3-7-23)26-8-4-5-9-27(26)34-28(32(37)38)20-21-10-16-25(17-11-21)39-19-18-33-29(22-12-13-22)31(36)24-14-15-24/h1-11,16-17,22,24,28-29,33-34H,12-15,18-20H2,(H,37,38). The Bertz CT molecular complexity index is 1300. The number of hydrogen-bond acceptors (Lipinski definition) is 6. The Balaban J connectivity index is 1.15. The summed E-state index contributed by atoms with van der Waals surface area (Å²) >= 11 is 0. The van der Waals surface area contributed by atoms with E-state index in [1.54, 1.807) is 48.5 Å². The van der Waals surface area contributed by atoms with E-state index in [0.29, 0.717) is 47.4 Å². The van der Waals surface area contributed by atoms with Crippen molar-refractivity contribution in [2.24, 2.45) is 11.8 Å². The van der Waals surface area contributed by atoms with Crippen LogP contribution in [0.3, 0.4) is 0 Å². The van der Waals surface area contributed by atoms with Gasteiger partial charge in [0.15, 0.2) is 11.6 Å². The first-order chi connectivity index (χ1) is 19.0. The molecule has 0 aromatic heterocycles. The van der Waals surface area contributed by atoms with Crippen molar-refractivity contribution in [3.05, 3.63) is 95.6 Å². The number of hydrogen-bond donors (Lipinski definition) is 3. The molecule has 0 spiro atoms. The molecular formula is C32H34N2O5. The van der Waals surface area contributed by atoms with Crippen LogP contribution in [0, 0.1) is 11.8 Å². The predicted molar refractivity (Wildman–Crippen MR) is 149 cm³/mol. The molecule has 0 saturated heterocycles. The molecule has 202 valence electrons. The van der Waals surface area contributed by atoms with Crippen LogP contribution in [0.25, 0.3) is 0 Å². The Morgan fingerprint density at radius 3 is 2.23 bits per heavy atom. The van der Waals surface area contributed by atoms with E-state index in [2.05, 4.69) is 10.6 Å². The largest absolute Gasteiger partial charge is 0.492 e. The lowest BCUT2D eigenvalue weighted by Gasteiger charge is -2.19. The van der Waals surface area contributed by atoms with Gasteiger partial charge in [-0.2, -0.15) is 0 Å². The van der Waals surface area contributed by atoms with E-state index < -0.39 is 12.0 Å². The molecule has 3 aromatic rings. The summed E-state index contributed by atoms with van der Waals surface area (Å²) in [5.74, 6) is 0.634. The lowest BCUT2D eigenvalue weighted by Crippen LogP contribution is -2.41. The Labute approximate surface area is 228 Å². The van der Waals surface area contributed by atoms with Crippen LogP contribution in [0.5, 0.6) is 5.75 Å². The molecule has 2 saturated carbocycles. The Kier molecular flexibility index (Phi) is 8.37. The number of carbonyl (C=O) groups excluding carboxylic acids is 2. The molecule has 2 atom stereocenters. The fourth-order valence-electron chi connectivity index (χ4n) is 4.83. The molecule has 5 rings (SSSR count). The molecule has 3 aromatic carbocycles. The maximum absolute atomic E-state index is 13.0. The fourth-order valence-corrected chi connectivity index (χ4v) is 4.83. The third-order valence-corrected chi connectivity index (χ3v) is 7.31. The number of anilines is 1. The molecule has 39 heavy (non-hydrogen) atoms. The average molecular weight is 527 g/mol. The molecule has 7 nitrogen and oxygen atoms in total. The molecule has 2 aliphatic carbocycles. The van der Waals surface area contributed by atoms with Crippen LogP contribution in [0.4, 0.5) is 5.69 Å². The molecule has 2 unspecified atom stereocenters. The summed E-state index contributed by atoms with van der Waals surface area (Å²) in [4.78, 5) is 37.6. The molecule has 2 fully saturated rings. The lowest BCUT2D eigenvalue weighted by atomic mass is 10.00. The molecule has 0 bridgehead atoms. The zero-order valence-electron chi connectivity index (χ0n) is 21.8. The van der Waals surface area contributed by atoms with Gasteiger partial charge in [0.1, 0.15) is 18.4 Å². The first-order valence-electron chi connectivity index (χ1n) is 13.7. The molecule has 0 amide bonds. The van der Waals surface area contributed by atoms with Gasteiger partial charge in [0.05, 0.1) is 6.04 Å². The van der Waals surface area contributed by atoms with Crippen molar-refractivity contribution in [3.8, 4) is 5.75 Å². The third-order valence-electron chi connectivity index (χ3n) is 7.31. The SMILES string of the molecule is O=C(c1ccccc1)c1ccccc1NC(Cc1ccc(OCCNC(C(=O)C2CC2)C2CC2)cc1)C(=O)O.